The van der Waals surface area contributed by atoms with Crippen molar-refractivity contribution in [1.29, 1.82) is 0 Å². The van der Waals surface area contributed by atoms with Gasteiger partial charge in [-0.25, -0.2) is 4.39 Å². The van der Waals surface area contributed by atoms with Crippen LogP contribution in [0.1, 0.15) is 5.56 Å². The van der Waals surface area contributed by atoms with E-state index in [0.29, 0.717) is 17.1 Å². The van der Waals surface area contributed by atoms with Gasteiger partial charge in [-0.05, 0) is 45.3 Å². The minimum absolute atomic E-state index is 0.283. The molecule has 1 aromatic rings. The largest absolute Gasteiger partial charge is 0.315 e. The van der Waals surface area contributed by atoms with Crippen LogP contribution < -0.4 is 5.32 Å². The maximum absolute atomic E-state index is 13.1. The fourth-order valence-electron chi connectivity index (χ4n) is 2.83. The molecule has 1 aliphatic rings. The van der Waals surface area contributed by atoms with Crippen LogP contribution in [-0.2, 0) is 6.42 Å². The molecule has 0 saturated carbocycles. The lowest BCUT2D eigenvalue weighted by molar-refractivity contribution is 0.0897. The van der Waals surface area contributed by atoms with Gasteiger partial charge in [-0.1, -0.05) is 17.7 Å². The van der Waals surface area contributed by atoms with Crippen molar-refractivity contribution in [2.45, 2.75) is 18.5 Å². The van der Waals surface area contributed by atoms with Gasteiger partial charge in [0.1, 0.15) is 5.82 Å². The number of benzene rings is 1. The zero-order valence-corrected chi connectivity index (χ0v) is 13.1. The lowest BCUT2D eigenvalue weighted by Gasteiger charge is -2.42. The highest BCUT2D eigenvalue weighted by atomic mass is 35.5. The second-order valence-electron chi connectivity index (χ2n) is 5.65. The summed E-state index contributed by atoms with van der Waals surface area (Å²) in [6.07, 6.45) is 0.804. The molecule has 0 radical (unpaired) electrons. The molecule has 1 N–H and O–H groups in total. The highest BCUT2D eigenvalue weighted by molar-refractivity contribution is 6.31. The van der Waals surface area contributed by atoms with Crippen molar-refractivity contribution >= 4 is 11.6 Å². The molecule has 1 aromatic carbocycles. The predicted octanol–water partition coefficient (Wildman–Crippen LogP) is 1.86. The van der Waals surface area contributed by atoms with E-state index < -0.39 is 0 Å². The van der Waals surface area contributed by atoms with E-state index in [2.05, 4.69) is 29.2 Å². The Bertz CT molecular complexity index is 455. The summed E-state index contributed by atoms with van der Waals surface area (Å²) in [6.45, 7) is 3.19. The molecule has 1 heterocycles. The first-order valence-electron chi connectivity index (χ1n) is 7.01. The Morgan fingerprint density at radius 3 is 2.80 bits per heavy atom. The van der Waals surface area contributed by atoms with Crippen LogP contribution in [0.4, 0.5) is 4.39 Å². The van der Waals surface area contributed by atoms with E-state index in [1.54, 1.807) is 6.07 Å². The maximum atomic E-state index is 13.1. The normalized spacial score (nSPS) is 22.9. The molecule has 1 fully saturated rings. The molecule has 3 nitrogen and oxygen atoms in total. The summed E-state index contributed by atoms with van der Waals surface area (Å²) in [5.74, 6) is -0.283. The van der Waals surface area contributed by atoms with Gasteiger partial charge in [-0.15, -0.1) is 0 Å². The van der Waals surface area contributed by atoms with E-state index in [1.165, 1.54) is 12.1 Å². The number of hydrogen-bond donors (Lipinski definition) is 1. The van der Waals surface area contributed by atoms with Crippen LogP contribution in [0.5, 0.6) is 0 Å². The van der Waals surface area contributed by atoms with Crippen LogP contribution in [0, 0.1) is 5.82 Å². The molecule has 2 unspecified atom stereocenters. The van der Waals surface area contributed by atoms with Crippen LogP contribution in [0.3, 0.4) is 0 Å². The Hall–Kier alpha value is -0.680. The maximum Gasteiger partial charge on any atom is 0.124 e. The molecule has 2 rings (SSSR count). The molecular weight excluding hydrogens is 277 g/mol. The number of piperazine rings is 1. The van der Waals surface area contributed by atoms with Gasteiger partial charge in [-0.3, -0.25) is 4.90 Å². The molecule has 0 aromatic heterocycles. The molecule has 5 heteroatoms. The molecule has 1 aliphatic heterocycles. The minimum atomic E-state index is -0.283. The van der Waals surface area contributed by atoms with E-state index in [-0.39, 0.29) is 5.82 Å². The van der Waals surface area contributed by atoms with Crippen LogP contribution >= 0.6 is 11.6 Å². The van der Waals surface area contributed by atoms with Gasteiger partial charge in [0, 0.05) is 36.7 Å². The summed E-state index contributed by atoms with van der Waals surface area (Å²) in [5, 5.41) is 3.90. The smallest absolute Gasteiger partial charge is 0.124 e. The minimum Gasteiger partial charge on any atom is -0.315 e. The molecule has 20 heavy (non-hydrogen) atoms. The molecule has 1 saturated heterocycles. The summed E-state index contributed by atoms with van der Waals surface area (Å²) in [7, 11) is 6.29. The molecule has 0 bridgehead atoms. The van der Waals surface area contributed by atoms with Crippen molar-refractivity contribution < 1.29 is 4.39 Å². The monoisotopic (exact) mass is 299 g/mol. The fraction of sp³-hybridized carbons (Fsp3) is 0.600. The van der Waals surface area contributed by atoms with Gasteiger partial charge in [0.15, 0.2) is 0 Å². The lowest BCUT2D eigenvalue weighted by Crippen LogP contribution is -2.58. The molecule has 0 spiro atoms. The molecule has 0 amide bonds. The average Bonchev–Trinajstić information content (AvgIpc) is 2.41. The quantitative estimate of drug-likeness (QED) is 0.915. The first kappa shape index (κ1) is 15.7. The predicted molar refractivity (Wildman–Crippen MR) is 81.9 cm³/mol. The third-order valence-corrected chi connectivity index (χ3v) is 4.54. The van der Waals surface area contributed by atoms with Gasteiger partial charge in [0.25, 0.3) is 0 Å². The standard InChI is InChI=1S/C15H23ClFN3/c1-18-14(15-10-19(2)6-7-20(15)3)8-11-4-5-12(17)9-13(11)16/h4-5,9,14-15,18H,6-8,10H2,1-3H3. The summed E-state index contributed by atoms with van der Waals surface area (Å²) < 4.78 is 13.1. The van der Waals surface area contributed by atoms with Gasteiger partial charge < -0.3 is 10.2 Å². The Balaban J connectivity index is 2.11. The second kappa shape index (κ2) is 6.85. The SMILES string of the molecule is CNC(Cc1ccc(F)cc1Cl)C1CN(C)CCN1C. The summed E-state index contributed by atoms with van der Waals surface area (Å²) in [6, 6.07) is 5.38. The number of likely N-dealkylation sites (N-methyl/N-ethyl adjacent to an activating group) is 3. The number of halogens is 2. The van der Waals surface area contributed by atoms with Crippen molar-refractivity contribution in [1.82, 2.24) is 15.1 Å². The number of nitrogens with zero attached hydrogens (tertiary/aromatic N) is 2. The van der Waals surface area contributed by atoms with Crippen LogP contribution in [-0.4, -0.2) is 62.7 Å². The highest BCUT2D eigenvalue weighted by Crippen LogP contribution is 2.21. The van der Waals surface area contributed by atoms with Gasteiger partial charge in [0.2, 0.25) is 0 Å². The molecule has 0 aliphatic carbocycles. The van der Waals surface area contributed by atoms with Crippen molar-refractivity contribution in [3.8, 4) is 0 Å². The molecular formula is C15H23ClFN3. The van der Waals surface area contributed by atoms with E-state index in [0.717, 1.165) is 31.6 Å². The van der Waals surface area contributed by atoms with Crippen molar-refractivity contribution in [3.63, 3.8) is 0 Å². The Morgan fingerprint density at radius 2 is 2.15 bits per heavy atom. The second-order valence-corrected chi connectivity index (χ2v) is 6.05. The summed E-state index contributed by atoms with van der Waals surface area (Å²) in [4.78, 5) is 4.74. The number of nitrogens with one attached hydrogen (secondary N) is 1. The number of hydrogen-bond acceptors (Lipinski definition) is 3. The van der Waals surface area contributed by atoms with Gasteiger partial charge >= 0.3 is 0 Å². The summed E-state index contributed by atoms with van der Waals surface area (Å²) in [5.41, 5.74) is 0.994. The van der Waals surface area contributed by atoms with Crippen LogP contribution in [0.25, 0.3) is 0 Å². The zero-order chi connectivity index (χ0) is 14.7. The summed E-state index contributed by atoms with van der Waals surface area (Å²) >= 11 is 6.14. The van der Waals surface area contributed by atoms with E-state index in [9.17, 15) is 4.39 Å². The average molecular weight is 300 g/mol. The van der Waals surface area contributed by atoms with Crippen molar-refractivity contribution in [2.75, 3.05) is 40.8 Å². The highest BCUT2D eigenvalue weighted by Gasteiger charge is 2.29. The van der Waals surface area contributed by atoms with Gasteiger partial charge in [0.05, 0.1) is 0 Å². The van der Waals surface area contributed by atoms with Crippen LogP contribution in [0.15, 0.2) is 18.2 Å². The van der Waals surface area contributed by atoms with Crippen molar-refractivity contribution in [3.05, 3.63) is 34.6 Å². The zero-order valence-electron chi connectivity index (χ0n) is 12.4. The Kier molecular flexibility index (Phi) is 5.38. The van der Waals surface area contributed by atoms with Crippen molar-refractivity contribution in [2.24, 2.45) is 0 Å². The van der Waals surface area contributed by atoms with E-state index in [1.807, 2.05) is 7.05 Å². The fourth-order valence-corrected chi connectivity index (χ4v) is 3.08. The van der Waals surface area contributed by atoms with E-state index in [4.69, 9.17) is 11.6 Å². The first-order valence-corrected chi connectivity index (χ1v) is 7.39. The Labute approximate surface area is 125 Å². The molecule has 2 atom stereocenters. The van der Waals surface area contributed by atoms with Gasteiger partial charge in [-0.2, -0.15) is 0 Å². The number of rotatable bonds is 4. The topological polar surface area (TPSA) is 18.5 Å². The Morgan fingerprint density at radius 1 is 1.40 bits per heavy atom. The van der Waals surface area contributed by atoms with Crippen LogP contribution in [0.2, 0.25) is 5.02 Å². The third kappa shape index (κ3) is 3.70. The third-order valence-electron chi connectivity index (χ3n) is 4.19. The lowest BCUT2D eigenvalue weighted by atomic mass is 9.96. The first-order chi connectivity index (χ1) is 9.51. The molecule has 112 valence electrons. The van der Waals surface area contributed by atoms with E-state index >= 15 is 0 Å².